The van der Waals surface area contributed by atoms with E-state index in [0.29, 0.717) is 6.54 Å². The summed E-state index contributed by atoms with van der Waals surface area (Å²) >= 11 is 0. The second kappa shape index (κ2) is 5.86. The molecule has 1 atom stereocenters. The molecule has 122 valence electrons. The van der Waals surface area contributed by atoms with Gasteiger partial charge in [0, 0.05) is 23.8 Å². The molecule has 2 aromatic rings. The summed E-state index contributed by atoms with van der Waals surface area (Å²) < 4.78 is 28.5. The van der Waals surface area contributed by atoms with Gasteiger partial charge in [-0.3, -0.25) is 0 Å². The molecule has 1 unspecified atom stereocenters. The van der Waals surface area contributed by atoms with Crippen LogP contribution in [0, 0.1) is 0 Å². The molecule has 0 aromatic heterocycles. The molecular weight excluding hydrogens is 312 g/mol. The lowest BCUT2D eigenvalue weighted by molar-refractivity contribution is 0.408. The lowest BCUT2D eigenvalue weighted by Crippen LogP contribution is -2.28. The van der Waals surface area contributed by atoms with Crippen LogP contribution >= 0.6 is 0 Å². The normalized spacial score (nSPS) is 17.2. The number of primary sulfonamides is 1. The van der Waals surface area contributed by atoms with Crippen LogP contribution in [0.5, 0.6) is 5.75 Å². The molecule has 3 rings (SSSR count). The van der Waals surface area contributed by atoms with E-state index in [1.165, 1.54) is 0 Å². The van der Waals surface area contributed by atoms with Crippen LogP contribution in [0.4, 0.5) is 5.69 Å². The molecule has 0 fully saturated rings. The monoisotopic (exact) mass is 332 g/mol. The van der Waals surface area contributed by atoms with E-state index in [1.807, 2.05) is 30.3 Å². The van der Waals surface area contributed by atoms with Crippen LogP contribution in [0.25, 0.3) is 0 Å². The van der Waals surface area contributed by atoms with Crippen LogP contribution in [-0.4, -0.2) is 21.6 Å². The van der Waals surface area contributed by atoms with Gasteiger partial charge in [-0.15, -0.1) is 0 Å². The van der Waals surface area contributed by atoms with Gasteiger partial charge in [0.2, 0.25) is 10.0 Å². The largest absolute Gasteiger partial charge is 0.496 e. The van der Waals surface area contributed by atoms with Gasteiger partial charge in [-0.1, -0.05) is 18.2 Å². The smallest absolute Gasteiger partial charge is 0.238 e. The van der Waals surface area contributed by atoms with E-state index in [9.17, 15) is 8.42 Å². The SMILES string of the molecule is COc1ccccc1CN1c2ccc(S(N)(=O)=O)cc2CC1C. The molecule has 0 bridgehead atoms. The quantitative estimate of drug-likeness (QED) is 0.932. The van der Waals surface area contributed by atoms with E-state index < -0.39 is 10.0 Å². The van der Waals surface area contributed by atoms with E-state index in [1.54, 1.807) is 19.2 Å². The van der Waals surface area contributed by atoms with Gasteiger partial charge in [0.25, 0.3) is 0 Å². The third-order valence-electron chi connectivity index (χ3n) is 4.27. The summed E-state index contributed by atoms with van der Waals surface area (Å²) in [6, 6.07) is 13.3. The standard InChI is InChI=1S/C17H20N2O3S/c1-12-9-14-10-15(23(18,20)21)7-8-16(14)19(12)11-13-5-3-4-6-17(13)22-2/h3-8,10,12H,9,11H2,1-2H3,(H2,18,20,21). The number of benzene rings is 2. The predicted molar refractivity (Wildman–Crippen MR) is 90.2 cm³/mol. The molecular formula is C17H20N2O3S. The Morgan fingerprint density at radius 3 is 2.70 bits per heavy atom. The van der Waals surface area contributed by atoms with Gasteiger partial charge < -0.3 is 9.64 Å². The lowest BCUT2D eigenvalue weighted by Gasteiger charge is -2.26. The first-order valence-electron chi connectivity index (χ1n) is 7.44. The first-order valence-corrected chi connectivity index (χ1v) is 8.99. The molecule has 0 aliphatic carbocycles. The summed E-state index contributed by atoms with van der Waals surface area (Å²) in [5.41, 5.74) is 3.17. The molecule has 0 saturated heterocycles. The number of nitrogens with zero attached hydrogens (tertiary/aromatic N) is 1. The number of nitrogens with two attached hydrogens (primary N) is 1. The lowest BCUT2D eigenvalue weighted by atomic mass is 10.1. The number of sulfonamides is 1. The van der Waals surface area contributed by atoms with Gasteiger partial charge in [0.05, 0.1) is 12.0 Å². The summed E-state index contributed by atoms with van der Waals surface area (Å²) in [5.74, 6) is 0.856. The van der Waals surface area contributed by atoms with Crippen molar-refractivity contribution in [3.8, 4) is 5.75 Å². The van der Waals surface area contributed by atoms with Gasteiger partial charge in [0.1, 0.15) is 5.75 Å². The zero-order valence-corrected chi connectivity index (χ0v) is 14.0. The number of methoxy groups -OCH3 is 1. The van der Waals surface area contributed by atoms with Gasteiger partial charge in [-0.25, -0.2) is 13.6 Å². The first-order chi connectivity index (χ1) is 10.9. The summed E-state index contributed by atoms with van der Waals surface area (Å²) in [4.78, 5) is 2.43. The van der Waals surface area contributed by atoms with E-state index >= 15 is 0 Å². The maximum absolute atomic E-state index is 11.5. The molecule has 1 aliphatic rings. The molecule has 1 aliphatic heterocycles. The minimum Gasteiger partial charge on any atom is -0.496 e. The second-order valence-electron chi connectivity index (χ2n) is 5.83. The Labute approximate surface area is 136 Å². The van der Waals surface area contributed by atoms with Crippen molar-refractivity contribution in [2.75, 3.05) is 12.0 Å². The second-order valence-corrected chi connectivity index (χ2v) is 7.39. The van der Waals surface area contributed by atoms with Gasteiger partial charge in [-0.2, -0.15) is 0 Å². The summed E-state index contributed by atoms with van der Waals surface area (Å²) in [5, 5.41) is 5.22. The van der Waals surface area contributed by atoms with Crippen LogP contribution in [-0.2, 0) is 23.0 Å². The Hall–Kier alpha value is -2.05. The fourth-order valence-corrected chi connectivity index (χ4v) is 3.67. The fourth-order valence-electron chi connectivity index (χ4n) is 3.11. The van der Waals surface area contributed by atoms with E-state index in [0.717, 1.165) is 29.0 Å². The van der Waals surface area contributed by atoms with Crippen LogP contribution in [0.15, 0.2) is 47.4 Å². The maximum atomic E-state index is 11.5. The molecule has 0 radical (unpaired) electrons. The van der Waals surface area contributed by atoms with E-state index in [4.69, 9.17) is 9.88 Å². The van der Waals surface area contributed by atoms with E-state index in [2.05, 4.69) is 11.8 Å². The molecule has 6 heteroatoms. The molecule has 0 spiro atoms. The molecule has 0 amide bonds. The number of rotatable bonds is 4. The minimum atomic E-state index is -3.67. The Morgan fingerprint density at radius 2 is 2.00 bits per heavy atom. The van der Waals surface area contributed by atoms with Gasteiger partial charge >= 0.3 is 0 Å². The molecule has 5 nitrogen and oxygen atoms in total. The van der Waals surface area contributed by atoms with Gasteiger partial charge in [-0.05, 0) is 43.2 Å². The topological polar surface area (TPSA) is 72.6 Å². The Bertz CT molecular complexity index is 833. The van der Waals surface area contributed by atoms with Crippen molar-refractivity contribution in [2.24, 2.45) is 5.14 Å². The number of fused-ring (bicyclic) bond motifs is 1. The van der Waals surface area contributed by atoms with Crippen LogP contribution in [0.2, 0.25) is 0 Å². The van der Waals surface area contributed by atoms with E-state index in [-0.39, 0.29) is 10.9 Å². The number of para-hydroxylation sites is 1. The van der Waals surface area contributed by atoms with Gasteiger partial charge in [0.15, 0.2) is 0 Å². The number of hydrogen-bond acceptors (Lipinski definition) is 4. The maximum Gasteiger partial charge on any atom is 0.238 e. The summed E-state index contributed by atoms with van der Waals surface area (Å²) in [7, 11) is -2.00. The Balaban J connectivity index is 1.95. The highest BCUT2D eigenvalue weighted by atomic mass is 32.2. The van der Waals surface area contributed by atoms with Crippen molar-refractivity contribution in [3.63, 3.8) is 0 Å². The van der Waals surface area contributed by atoms with Crippen LogP contribution < -0.4 is 14.8 Å². The molecule has 2 N–H and O–H groups in total. The zero-order chi connectivity index (χ0) is 16.6. The fraction of sp³-hybridized carbons (Fsp3) is 0.294. The highest BCUT2D eigenvalue weighted by Gasteiger charge is 2.27. The summed E-state index contributed by atoms with van der Waals surface area (Å²) in [6.07, 6.45) is 0.799. The first kappa shape index (κ1) is 15.8. The Kier molecular flexibility index (Phi) is 4.04. The zero-order valence-electron chi connectivity index (χ0n) is 13.2. The third kappa shape index (κ3) is 3.04. The third-order valence-corrected chi connectivity index (χ3v) is 5.18. The molecule has 1 heterocycles. The van der Waals surface area contributed by atoms with Crippen molar-refractivity contribution in [1.29, 1.82) is 0 Å². The van der Waals surface area contributed by atoms with Crippen molar-refractivity contribution < 1.29 is 13.2 Å². The van der Waals surface area contributed by atoms with Crippen molar-refractivity contribution in [1.82, 2.24) is 0 Å². The minimum absolute atomic E-state index is 0.169. The molecule has 2 aromatic carbocycles. The summed E-state index contributed by atoms with van der Waals surface area (Å²) in [6.45, 7) is 2.85. The highest BCUT2D eigenvalue weighted by molar-refractivity contribution is 7.89. The number of anilines is 1. The van der Waals surface area contributed by atoms with Crippen LogP contribution in [0.3, 0.4) is 0 Å². The number of ether oxygens (including phenoxy) is 1. The molecule has 0 saturated carbocycles. The average molecular weight is 332 g/mol. The highest BCUT2D eigenvalue weighted by Crippen LogP contribution is 2.35. The Morgan fingerprint density at radius 1 is 1.26 bits per heavy atom. The average Bonchev–Trinajstić information content (AvgIpc) is 2.82. The van der Waals surface area contributed by atoms with Crippen molar-refractivity contribution in [3.05, 3.63) is 53.6 Å². The number of hydrogen-bond donors (Lipinski definition) is 1. The van der Waals surface area contributed by atoms with Crippen molar-refractivity contribution >= 4 is 15.7 Å². The van der Waals surface area contributed by atoms with Crippen molar-refractivity contribution in [2.45, 2.75) is 30.8 Å². The predicted octanol–water partition coefficient (Wildman–Crippen LogP) is 2.29. The molecule has 23 heavy (non-hydrogen) atoms. The van der Waals surface area contributed by atoms with Crippen LogP contribution in [0.1, 0.15) is 18.1 Å².